The van der Waals surface area contributed by atoms with E-state index in [4.69, 9.17) is 4.74 Å². The maximum Gasteiger partial charge on any atom is 0.366 e. The molecular weight excluding hydrogens is 530 g/mol. The average Bonchev–Trinajstić information content (AvgIpc) is 3.67. The van der Waals surface area contributed by atoms with Gasteiger partial charge in [-0.05, 0) is 48.7 Å². The van der Waals surface area contributed by atoms with Crippen LogP contribution in [-0.2, 0) is 13.6 Å². The van der Waals surface area contributed by atoms with Crippen LogP contribution < -0.4 is 16.1 Å². The van der Waals surface area contributed by atoms with Crippen molar-refractivity contribution in [2.75, 3.05) is 0 Å². The van der Waals surface area contributed by atoms with Gasteiger partial charge in [0.15, 0.2) is 17.2 Å². The average molecular weight is 556 g/mol. The summed E-state index contributed by atoms with van der Waals surface area (Å²) >= 11 is 0. The minimum Gasteiger partial charge on any atom is -0.507 e. The normalized spacial score (nSPS) is 11.6. The van der Waals surface area contributed by atoms with Crippen LogP contribution in [0.5, 0.6) is 11.5 Å². The second-order valence-electron chi connectivity index (χ2n) is 9.77. The van der Waals surface area contributed by atoms with E-state index in [9.17, 15) is 19.5 Å². The minimum atomic E-state index is -0.881. The molecule has 0 bridgehead atoms. The first kappa shape index (κ1) is 25.7. The highest BCUT2D eigenvalue weighted by molar-refractivity contribution is 5.95. The molecule has 2 aromatic carbocycles. The monoisotopic (exact) mass is 555 g/mol. The number of aromatic amines is 1. The SMILES string of the molecule is CCn1ccc2cc(-n3c(-c4cc(C(C)C)c(OC(=O)c5ncn6c(=O)n(C)nnc56)cc4O)n[nH]c3=O)ccc21. The van der Waals surface area contributed by atoms with E-state index in [1.807, 2.05) is 44.3 Å². The zero-order valence-corrected chi connectivity index (χ0v) is 22.6. The van der Waals surface area contributed by atoms with E-state index in [1.165, 1.54) is 17.7 Å². The van der Waals surface area contributed by atoms with Crippen LogP contribution in [0.4, 0.5) is 0 Å². The predicted molar refractivity (Wildman–Crippen MR) is 148 cm³/mol. The van der Waals surface area contributed by atoms with Gasteiger partial charge in [-0.25, -0.2) is 33.4 Å². The number of benzene rings is 2. The molecule has 0 saturated heterocycles. The highest BCUT2D eigenvalue weighted by Crippen LogP contribution is 2.38. The van der Waals surface area contributed by atoms with Crippen LogP contribution in [-0.4, -0.2) is 54.8 Å². The van der Waals surface area contributed by atoms with Gasteiger partial charge < -0.3 is 14.4 Å². The Labute approximate surface area is 231 Å². The molecule has 0 aliphatic rings. The largest absolute Gasteiger partial charge is 0.507 e. The van der Waals surface area contributed by atoms with Crippen LogP contribution in [0.3, 0.4) is 0 Å². The standard InChI is InChI=1S/C27H25N9O5/c1-5-34-9-8-15-10-16(6-7-19(15)34)36-23(29-31-26(36)39)18-11-17(14(2)3)21(12-20(18)37)41-25(38)22-24-30-32-33(4)27(40)35(24)13-28-22/h6-14,37H,5H2,1-4H3,(H,31,39). The van der Waals surface area contributed by atoms with Crippen molar-refractivity contribution >= 4 is 22.5 Å². The number of imidazole rings is 1. The zero-order chi connectivity index (χ0) is 29.0. The number of aromatic hydroxyl groups is 1. The smallest absolute Gasteiger partial charge is 0.366 e. The topological polar surface area (TPSA) is 167 Å². The van der Waals surface area contributed by atoms with Crippen molar-refractivity contribution in [2.45, 2.75) is 33.2 Å². The van der Waals surface area contributed by atoms with E-state index in [0.29, 0.717) is 11.3 Å². The molecule has 4 aromatic heterocycles. The molecule has 0 fully saturated rings. The molecule has 14 nitrogen and oxygen atoms in total. The molecule has 6 rings (SSSR count). The Bertz CT molecular complexity index is 2090. The number of rotatable bonds is 6. The van der Waals surface area contributed by atoms with Gasteiger partial charge in [0.25, 0.3) is 0 Å². The van der Waals surface area contributed by atoms with Crippen molar-refractivity contribution in [2.24, 2.45) is 7.05 Å². The van der Waals surface area contributed by atoms with Crippen molar-refractivity contribution < 1.29 is 14.6 Å². The van der Waals surface area contributed by atoms with Crippen LogP contribution >= 0.6 is 0 Å². The lowest BCUT2D eigenvalue weighted by Gasteiger charge is -2.16. The summed E-state index contributed by atoms with van der Waals surface area (Å²) < 4.78 is 11.2. The van der Waals surface area contributed by atoms with Gasteiger partial charge in [-0.2, -0.15) is 9.78 Å². The van der Waals surface area contributed by atoms with Gasteiger partial charge in [-0.3, -0.25) is 0 Å². The molecule has 0 saturated carbocycles. The second kappa shape index (κ2) is 9.59. The molecule has 4 heterocycles. The lowest BCUT2D eigenvalue weighted by atomic mass is 9.98. The lowest BCUT2D eigenvalue weighted by Crippen LogP contribution is -2.27. The Morgan fingerprint density at radius 2 is 1.95 bits per heavy atom. The number of phenols is 1. The van der Waals surface area contributed by atoms with E-state index in [2.05, 4.69) is 37.0 Å². The molecule has 41 heavy (non-hydrogen) atoms. The Morgan fingerprint density at radius 1 is 1.15 bits per heavy atom. The molecule has 0 atom stereocenters. The summed E-state index contributed by atoms with van der Waals surface area (Å²) in [5.74, 6) is -1.04. The number of fused-ring (bicyclic) bond motifs is 2. The van der Waals surface area contributed by atoms with Gasteiger partial charge in [0.05, 0.1) is 11.3 Å². The van der Waals surface area contributed by atoms with Crippen LogP contribution in [0.25, 0.3) is 33.6 Å². The van der Waals surface area contributed by atoms with Crippen LogP contribution in [0.15, 0.2) is 58.5 Å². The van der Waals surface area contributed by atoms with E-state index >= 15 is 0 Å². The summed E-state index contributed by atoms with van der Waals surface area (Å²) in [7, 11) is 1.42. The predicted octanol–water partition coefficient (Wildman–Crippen LogP) is 2.39. The van der Waals surface area contributed by atoms with Crippen LogP contribution in [0.1, 0.15) is 42.7 Å². The van der Waals surface area contributed by atoms with Gasteiger partial charge in [0.1, 0.15) is 17.8 Å². The first-order valence-corrected chi connectivity index (χ1v) is 12.8. The highest BCUT2D eigenvalue weighted by atomic mass is 16.5. The number of esters is 1. The number of hydrogen-bond acceptors (Lipinski definition) is 9. The maximum atomic E-state index is 13.1. The van der Waals surface area contributed by atoms with Crippen LogP contribution in [0.2, 0.25) is 0 Å². The molecule has 0 aliphatic heterocycles. The zero-order valence-electron chi connectivity index (χ0n) is 22.6. The lowest BCUT2D eigenvalue weighted by molar-refractivity contribution is 0.0729. The number of carbonyl (C=O) groups is 1. The molecule has 0 spiro atoms. The van der Waals surface area contributed by atoms with Crippen molar-refractivity contribution in [3.05, 3.63) is 81.1 Å². The van der Waals surface area contributed by atoms with Gasteiger partial charge >= 0.3 is 17.3 Å². The third kappa shape index (κ3) is 4.16. The summed E-state index contributed by atoms with van der Waals surface area (Å²) in [5.41, 5.74) is 1.16. The van der Waals surface area contributed by atoms with Gasteiger partial charge in [0.2, 0.25) is 0 Å². The number of phenolic OH excluding ortho intramolecular Hbond substituents is 1. The number of nitrogens with one attached hydrogen (secondary N) is 1. The number of carbonyl (C=O) groups excluding carboxylic acids is 1. The van der Waals surface area contributed by atoms with E-state index in [0.717, 1.165) is 32.9 Å². The molecular formula is C27H25N9O5. The summed E-state index contributed by atoms with van der Waals surface area (Å²) in [6, 6.07) is 10.5. The van der Waals surface area contributed by atoms with Crippen molar-refractivity contribution in [3.63, 3.8) is 0 Å². The number of aromatic nitrogens is 9. The van der Waals surface area contributed by atoms with Gasteiger partial charge in [-0.15, -0.1) is 5.10 Å². The first-order chi connectivity index (χ1) is 19.7. The van der Waals surface area contributed by atoms with E-state index in [1.54, 1.807) is 6.07 Å². The molecule has 14 heteroatoms. The summed E-state index contributed by atoms with van der Waals surface area (Å²) in [5, 5.41) is 26.3. The van der Waals surface area contributed by atoms with Crippen molar-refractivity contribution in [3.8, 4) is 28.6 Å². The Balaban J connectivity index is 1.41. The summed E-state index contributed by atoms with van der Waals surface area (Å²) in [6.45, 7) is 6.64. The van der Waals surface area contributed by atoms with Crippen molar-refractivity contribution in [1.29, 1.82) is 0 Å². The Morgan fingerprint density at radius 3 is 2.71 bits per heavy atom. The Hall–Kier alpha value is -5.53. The molecule has 0 unspecified atom stereocenters. The summed E-state index contributed by atoms with van der Waals surface area (Å²) in [4.78, 5) is 42.2. The maximum absolute atomic E-state index is 13.1. The number of ether oxygens (including phenoxy) is 1. The molecule has 6 aromatic rings. The molecule has 2 N–H and O–H groups in total. The van der Waals surface area contributed by atoms with Crippen molar-refractivity contribution in [1.82, 2.24) is 43.7 Å². The fourth-order valence-corrected chi connectivity index (χ4v) is 4.80. The first-order valence-electron chi connectivity index (χ1n) is 12.8. The molecule has 0 amide bonds. The number of H-pyrrole nitrogens is 1. The molecule has 0 radical (unpaired) electrons. The Kier molecular flexibility index (Phi) is 6.02. The van der Waals surface area contributed by atoms with Crippen LogP contribution in [0, 0.1) is 0 Å². The number of aryl methyl sites for hydroxylation is 2. The quantitative estimate of drug-likeness (QED) is 0.232. The van der Waals surface area contributed by atoms with E-state index in [-0.39, 0.29) is 40.1 Å². The fourth-order valence-electron chi connectivity index (χ4n) is 4.80. The van der Waals surface area contributed by atoms with Gasteiger partial charge in [0, 0.05) is 36.8 Å². The highest BCUT2D eigenvalue weighted by Gasteiger charge is 2.24. The summed E-state index contributed by atoms with van der Waals surface area (Å²) in [6.07, 6.45) is 3.14. The third-order valence-corrected chi connectivity index (χ3v) is 6.91. The number of nitrogens with zero attached hydrogens (tertiary/aromatic N) is 8. The third-order valence-electron chi connectivity index (χ3n) is 6.91. The van der Waals surface area contributed by atoms with E-state index < -0.39 is 17.3 Å². The number of hydrogen-bond donors (Lipinski definition) is 2. The fraction of sp³-hybridized carbons (Fsp3) is 0.222. The molecule has 0 aliphatic carbocycles. The molecule has 208 valence electrons. The van der Waals surface area contributed by atoms with Gasteiger partial charge in [-0.1, -0.05) is 19.1 Å². The second-order valence-corrected chi connectivity index (χ2v) is 9.77. The minimum absolute atomic E-state index is 0.0585.